The zero-order chi connectivity index (χ0) is 19.0. The van der Waals surface area contributed by atoms with Crippen molar-refractivity contribution in [1.29, 1.82) is 0 Å². The summed E-state index contributed by atoms with van der Waals surface area (Å²) in [7, 11) is 6.67. The van der Waals surface area contributed by atoms with Gasteiger partial charge in [-0.25, -0.2) is 0 Å². The van der Waals surface area contributed by atoms with Gasteiger partial charge in [0.05, 0.1) is 0 Å². The fourth-order valence-corrected chi connectivity index (χ4v) is 7.05. The Morgan fingerprint density at radius 3 is 1.27 bits per heavy atom. The van der Waals surface area contributed by atoms with Crippen LogP contribution in [0, 0.1) is 41.5 Å². The van der Waals surface area contributed by atoms with E-state index in [0.717, 1.165) is 0 Å². The van der Waals surface area contributed by atoms with Crippen molar-refractivity contribution in [3.8, 4) is 22.3 Å². The number of hydrogen-bond acceptors (Lipinski definition) is 0. The Hall–Kier alpha value is -1.41. The van der Waals surface area contributed by atoms with Crippen LogP contribution in [0.5, 0.6) is 0 Å². The van der Waals surface area contributed by atoms with Gasteiger partial charge >= 0.3 is 170 Å². The Balaban J connectivity index is 2.32. The first-order valence-corrected chi connectivity index (χ1v) is 13.5. The molecule has 0 aromatic heterocycles. The molecule has 3 aromatic rings. The van der Waals surface area contributed by atoms with Gasteiger partial charge in [-0.3, -0.25) is 0 Å². The standard InChI is InChI=1S/C24H25.ClH.Ga/c1-15-10-17(3)23(18(4)11-15)21-8-7-9-22(14-21)24-19(5)12-16(2)13-20(24)6;;/h7-13H,1-6H3;1H;/q;;+1/p-1. The van der Waals surface area contributed by atoms with E-state index >= 15 is 0 Å². The van der Waals surface area contributed by atoms with E-state index in [4.69, 9.17) is 9.64 Å². The molecule has 0 saturated heterocycles. The van der Waals surface area contributed by atoms with Crippen molar-refractivity contribution in [2.45, 2.75) is 41.5 Å². The van der Waals surface area contributed by atoms with Gasteiger partial charge in [0.2, 0.25) is 0 Å². The molecule has 0 heterocycles. The fraction of sp³-hybridized carbons (Fsp3) is 0.250. The molecule has 0 fully saturated rings. The predicted molar refractivity (Wildman–Crippen MR) is 117 cm³/mol. The summed E-state index contributed by atoms with van der Waals surface area (Å²) in [5.41, 5.74) is 13.3. The molecule has 3 rings (SSSR count). The molecule has 0 aliphatic rings. The van der Waals surface area contributed by atoms with Gasteiger partial charge in [-0.1, -0.05) is 0 Å². The number of benzene rings is 3. The topological polar surface area (TPSA) is 0 Å². The summed E-state index contributed by atoms with van der Waals surface area (Å²) in [6, 6.07) is 15.8. The third-order valence-corrected chi connectivity index (χ3v) is 8.00. The van der Waals surface area contributed by atoms with E-state index in [1.165, 1.54) is 59.8 Å². The Morgan fingerprint density at radius 2 is 0.962 bits per heavy atom. The zero-order valence-corrected chi connectivity index (χ0v) is 19.7. The number of hydrogen-bond donors (Lipinski definition) is 0. The Kier molecular flexibility index (Phi) is 5.71. The number of aryl methyl sites for hydroxylation is 6. The summed E-state index contributed by atoms with van der Waals surface area (Å²) in [5.74, 6) is 0. The summed E-state index contributed by atoms with van der Waals surface area (Å²) >= 11 is -1.04. The molecule has 0 atom stereocenters. The summed E-state index contributed by atoms with van der Waals surface area (Å²) in [6.45, 7) is 13.2. The SMILES string of the molecule is Cc1cc(C)c(-c2cccc(-c3c(C)cc(C)cc3C)[c]2[Ga][Cl])c(C)c1. The molecular weight excluding hydrogens is 393 g/mol. The summed E-state index contributed by atoms with van der Waals surface area (Å²) in [5, 5.41) is 0. The Bertz CT molecular complexity index is 864. The molecule has 0 unspecified atom stereocenters. The third-order valence-electron chi connectivity index (χ3n) is 5.11. The average molecular weight is 419 g/mol. The van der Waals surface area contributed by atoms with Gasteiger partial charge in [0.1, 0.15) is 0 Å². The van der Waals surface area contributed by atoms with Crippen LogP contribution in [-0.2, 0) is 0 Å². The molecule has 0 N–H and O–H groups in total. The Morgan fingerprint density at radius 1 is 0.615 bits per heavy atom. The average Bonchev–Trinajstić information content (AvgIpc) is 2.53. The first-order chi connectivity index (χ1) is 12.3. The second-order valence-electron chi connectivity index (χ2n) is 7.42. The van der Waals surface area contributed by atoms with Gasteiger partial charge in [0.25, 0.3) is 0 Å². The first-order valence-electron chi connectivity index (χ1n) is 9.06. The second-order valence-corrected chi connectivity index (χ2v) is 10.2. The monoisotopic (exact) mass is 417 g/mol. The van der Waals surface area contributed by atoms with Crippen LogP contribution in [0.4, 0.5) is 0 Å². The molecule has 1 radical (unpaired) electrons. The van der Waals surface area contributed by atoms with Gasteiger partial charge in [-0.2, -0.15) is 0 Å². The van der Waals surface area contributed by atoms with Crippen LogP contribution >= 0.6 is 9.64 Å². The summed E-state index contributed by atoms with van der Waals surface area (Å²) in [4.78, 5) is 0. The van der Waals surface area contributed by atoms with E-state index < -0.39 is 16.4 Å². The molecule has 0 aliphatic heterocycles. The summed E-state index contributed by atoms with van der Waals surface area (Å²) < 4.78 is 1.38. The van der Waals surface area contributed by atoms with Crippen LogP contribution < -0.4 is 4.12 Å². The van der Waals surface area contributed by atoms with E-state index in [-0.39, 0.29) is 0 Å². The number of halogens is 1. The molecule has 131 valence electrons. The fourth-order valence-electron chi connectivity index (χ4n) is 4.33. The molecule has 0 spiro atoms. The Labute approximate surface area is 169 Å². The van der Waals surface area contributed by atoms with Crippen LogP contribution in [0.3, 0.4) is 0 Å². The van der Waals surface area contributed by atoms with Gasteiger partial charge in [-0.15, -0.1) is 0 Å². The molecule has 26 heavy (non-hydrogen) atoms. The van der Waals surface area contributed by atoms with Crippen LogP contribution in [0.2, 0.25) is 0 Å². The quantitative estimate of drug-likeness (QED) is 0.435. The van der Waals surface area contributed by atoms with Crippen LogP contribution in [0.15, 0.2) is 42.5 Å². The molecule has 0 amide bonds. The molecule has 2 heteroatoms. The zero-order valence-electron chi connectivity index (χ0n) is 16.5. The maximum absolute atomic E-state index is 6.67. The van der Waals surface area contributed by atoms with Crippen molar-refractivity contribution >= 4 is 30.2 Å². The van der Waals surface area contributed by atoms with Gasteiger partial charge in [-0.05, 0) is 0 Å². The van der Waals surface area contributed by atoms with E-state index in [0.29, 0.717) is 0 Å². The predicted octanol–water partition coefficient (Wildman–Crippen LogP) is 6.35. The normalized spacial score (nSPS) is 10.9. The molecule has 0 bridgehead atoms. The van der Waals surface area contributed by atoms with Gasteiger partial charge in [0.15, 0.2) is 0 Å². The molecular formula is C24H25ClGa. The van der Waals surface area contributed by atoms with Crippen molar-refractivity contribution in [3.63, 3.8) is 0 Å². The van der Waals surface area contributed by atoms with E-state index in [1.807, 2.05) is 0 Å². The van der Waals surface area contributed by atoms with Crippen LogP contribution in [-0.4, -0.2) is 16.4 Å². The van der Waals surface area contributed by atoms with E-state index in [2.05, 4.69) is 84.0 Å². The molecule has 3 aromatic carbocycles. The van der Waals surface area contributed by atoms with Crippen molar-refractivity contribution in [1.82, 2.24) is 0 Å². The summed E-state index contributed by atoms with van der Waals surface area (Å²) in [6.07, 6.45) is 0. The minimum absolute atomic E-state index is 1.04. The molecule has 0 aliphatic carbocycles. The van der Waals surface area contributed by atoms with Crippen molar-refractivity contribution in [2.75, 3.05) is 0 Å². The third kappa shape index (κ3) is 3.53. The van der Waals surface area contributed by atoms with Gasteiger partial charge in [0, 0.05) is 0 Å². The first kappa shape index (κ1) is 19.4. The molecule has 0 nitrogen and oxygen atoms in total. The maximum atomic E-state index is 6.67. The number of rotatable bonds is 3. The van der Waals surface area contributed by atoms with Crippen molar-refractivity contribution in [2.24, 2.45) is 0 Å². The molecule has 0 saturated carbocycles. The van der Waals surface area contributed by atoms with Crippen molar-refractivity contribution in [3.05, 3.63) is 75.8 Å². The minimum atomic E-state index is -1.04. The van der Waals surface area contributed by atoms with E-state index in [1.54, 1.807) is 0 Å². The second kappa shape index (κ2) is 7.68. The van der Waals surface area contributed by atoms with Gasteiger partial charge < -0.3 is 0 Å². The van der Waals surface area contributed by atoms with Crippen LogP contribution in [0.25, 0.3) is 22.3 Å². The van der Waals surface area contributed by atoms with Crippen LogP contribution in [0.1, 0.15) is 33.4 Å². The van der Waals surface area contributed by atoms with Crippen molar-refractivity contribution < 1.29 is 0 Å². The van der Waals surface area contributed by atoms with E-state index in [9.17, 15) is 0 Å².